The lowest BCUT2D eigenvalue weighted by atomic mass is 10.1. The zero-order chi connectivity index (χ0) is 10.8. The summed E-state index contributed by atoms with van der Waals surface area (Å²) in [6.07, 6.45) is 0. The summed E-state index contributed by atoms with van der Waals surface area (Å²) in [7, 11) is 2.11. The number of nitrogens with zero attached hydrogens (tertiary/aromatic N) is 2. The third-order valence-corrected chi connectivity index (χ3v) is 2.99. The van der Waals surface area contributed by atoms with E-state index in [2.05, 4.69) is 23.8 Å². The van der Waals surface area contributed by atoms with Crippen LogP contribution in [0.4, 0.5) is 10.1 Å². The van der Waals surface area contributed by atoms with Gasteiger partial charge in [-0.1, -0.05) is 12.1 Å². The maximum atomic E-state index is 13.6. The molecule has 0 aliphatic carbocycles. The standard InChI is InChI=1S/C12H17FN2/c1-10-9-14(2)7-8-15(10)12-6-4-3-5-11(12)13/h3-6,10H,7-9H2,1-2H3/t10-/m1/s1. The molecule has 1 aromatic carbocycles. The molecular formula is C12H17FN2. The van der Waals surface area contributed by atoms with Crippen molar-refractivity contribution in [2.24, 2.45) is 0 Å². The van der Waals surface area contributed by atoms with E-state index in [0.29, 0.717) is 6.04 Å². The molecule has 1 aromatic rings. The molecule has 0 bridgehead atoms. The van der Waals surface area contributed by atoms with Crippen LogP contribution in [0.5, 0.6) is 0 Å². The molecule has 1 heterocycles. The number of hydrogen-bond donors (Lipinski definition) is 0. The van der Waals surface area contributed by atoms with E-state index >= 15 is 0 Å². The monoisotopic (exact) mass is 208 g/mol. The molecule has 0 N–H and O–H groups in total. The number of likely N-dealkylation sites (N-methyl/N-ethyl adjacent to an activating group) is 1. The Bertz CT molecular complexity index is 340. The fourth-order valence-electron chi connectivity index (χ4n) is 2.18. The lowest BCUT2D eigenvalue weighted by Crippen LogP contribution is -2.50. The Balaban J connectivity index is 2.20. The third kappa shape index (κ3) is 2.12. The normalized spacial score (nSPS) is 23.1. The first-order chi connectivity index (χ1) is 7.18. The van der Waals surface area contributed by atoms with Crippen LogP contribution in [-0.4, -0.2) is 37.6 Å². The topological polar surface area (TPSA) is 6.48 Å². The van der Waals surface area contributed by atoms with E-state index in [1.807, 2.05) is 12.1 Å². The van der Waals surface area contributed by atoms with Crippen molar-refractivity contribution < 1.29 is 4.39 Å². The summed E-state index contributed by atoms with van der Waals surface area (Å²) in [5.41, 5.74) is 0.734. The van der Waals surface area contributed by atoms with E-state index in [4.69, 9.17) is 0 Å². The van der Waals surface area contributed by atoms with Crippen molar-refractivity contribution in [3.05, 3.63) is 30.1 Å². The number of benzene rings is 1. The molecule has 0 unspecified atom stereocenters. The van der Waals surface area contributed by atoms with Crippen LogP contribution in [0.3, 0.4) is 0 Å². The Hall–Kier alpha value is -1.09. The predicted octanol–water partition coefficient (Wildman–Crippen LogP) is 1.97. The molecule has 82 valence electrons. The van der Waals surface area contributed by atoms with Crippen LogP contribution in [0, 0.1) is 5.82 Å². The lowest BCUT2D eigenvalue weighted by Gasteiger charge is -2.39. The van der Waals surface area contributed by atoms with Crippen molar-refractivity contribution >= 4 is 5.69 Å². The molecule has 2 rings (SSSR count). The number of hydrogen-bond acceptors (Lipinski definition) is 2. The minimum atomic E-state index is -0.117. The van der Waals surface area contributed by atoms with Crippen molar-refractivity contribution in [3.8, 4) is 0 Å². The van der Waals surface area contributed by atoms with Gasteiger partial charge in [-0.2, -0.15) is 0 Å². The second-order valence-electron chi connectivity index (χ2n) is 4.26. The molecule has 0 spiro atoms. The Kier molecular flexibility index (Phi) is 2.91. The van der Waals surface area contributed by atoms with Gasteiger partial charge in [0.05, 0.1) is 5.69 Å². The Morgan fingerprint density at radius 2 is 2.00 bits per heavy atom. The van der Waals surface area contributed by atoms with Crippen LogP contribution in [0.1, 0.15) is 6.92 Å². The van der Waals surface area contributed by atoms with Crippen molar-refractivity contribution in [3.63, 3.8) is 0 Å². The largest absolute Gasteiger partial charge is 0.364 e. The van der Waals surface area contributed by atoms with Gasteiger partial charge in [0.2, 0.25) is 0 Å². The summed E-state index contributed by atoms with van der Waals surface area (Å²) in [5, 5.41) is 0. The van der Waals surface area contributed by atoms with Crippen LogP contribution in [0.2, 0.25) is 0 Å². The van der Waals surface area contributed by atoms with Crippen LogP contribution < -0.4 is 4.90 Å². The molecular weight excluding hydrogens is 191 g/mol. The highest BCUT2D eigenvalue weighted by molar-refractivity contribution is 5.49. The van der Waals surface area contributed by atoms with Gasteiger partial charge in [0, 0.05) is 25.7 Å². The van der Waals surface area contributed by atoms with Gasteiger partial charge < -0.3 is 9.80 Å². The van der Waals surface area contributed by atoms with Gasteiger partial charge in [-0.3, -0.25) is 0 Å². The number of para-hydroxylation sites is 1. The Morgan fingerprint density at radius 1 is 1.27 bits per heavy atom. The molecule has 0 amide bonds. The SMILES string of the molecule is C[C@@H]1CN(C)CCN1c1ccccc1F. The van der Waals surface area contributed by atoms with Crippen molar-refractivity contribution in [2.75, 3.05) is 31.6 Å². The molecule has 15 heavy (non-hydrogen) atoms. The molecule has 2 nitrogen and oxygen atoms in total. The quantitative estimate of drug-likeness (QED) is 0.696. The molecule has 0 radical (unpaired) electrons. The van der Waals surface area contributed by atoms with Crippen LogP contribution >= 0.6 is 0 Å². The highest BCUT2D eigenvalue weighted by Gasteiger charge is 2.23. The highest BCUT2D eigenvalue weighted by Crippen LogP contribution is 2.22. The first-order valence-electron chi connectivity index (χ1n) is 5.38. The van der Waals surface area contributed by atoms with Crippen LogP contribution in [0.25, 0.3) is 0 Å². The molecule has 1 aliphatic heterocycles. The van der Waals surface area contributed by atoms with Gasteiger partial charge in [-0.05, 0) is 26.1 Å². The molecule has 1 saturated heterocycles. The van der Waals surface area contributed by atoms with Gasteiger partial charge in [-0.15, -0.1) is 0 Å². The molecule has 0 aromatic heterocycles. The number of anilines is 1. The number of halogens is 1. The second-order valence-corrected chi connectivity index (χ2v) is 4.26. The van der Waals surface area contributed by atoms with Crippen molar-refractivity contribution in [1.82, 2.24) is 4.90 Å². The zero-order valence-corrected chi connectivity index (χ0v) is 9.28. The minimum absolute atomic E-state index is 0.117. The Morgan fingerprint density at radius 3 is 2.67 bits per heavy atom. The molecule has 1 aliphatic rings. The van der Waals surface area contributed by atoms with E-state index in [-0.39, 0.29) is 5.82 Å². The Labute approximate surface area is 90.3 Å². The predicted molar refractivity (Wildman–Crippen MR) is 60.7 cm³/mol. The molecule has 0 saturated carbocycles. The molecule has 1 atom stereocenters. The summed E-state index contributed by atoms with van der Waals surface area (Å²) >= 11 is 0. The summed E-state index contributed by atoms with van der Waals surface area (Å²) in [6.45, 7) is 5.04. The van der Waals surface area contributed by atoms with Gasteiger partial charge in [0.1, 0.15) is 5.82 Å². The highest BCUT2D eigenvalue weighted by atomic mass is 19.1. The summed E-state index contributed by atoms with van der Waals surface area (Å²) in [4.78, 5) is 4.43. The average molecular weight is 208 g/mol. The molecule has 3 heteroatoms. The first kappa shape index (κ1) is 10.4. The summed E-state index contributed by atoms with van der Waals surface area (Å²) < 4.78 is 13.6. The van der Waals surface area contributed by atoms with Gasteiger partial charge >= 0.3 is 0 Å². The van der Waals surface area contributed by atoms with E-state index in [1.54, 1.807) is 6.07 Å². The lowest BCUT2D eigenvalue weighted by molar-refractivity contribution is 0.274. The maximum Gasteiger partial charge on any atom is 0.146 e. The minimum Gasteiger partial charge on any atom is -0.364 e. The summed E-state index contributed by atoms with van der Waals surface area (Å²) in [6, 6.07) is 7.39. The number of piperazine rings is 1. The van der Waals surface area contributed by atoms with Crippen molar-refractivity contribution in [2.45, 2.75) is 13.0 Å². The average Bonchev–Trinajstić information content (AvgIpc) is 2.20. The van der Waals surface area contributed by atoms with E-state index in [9.17, 15) is 4.39 Å². The summed E-state index contributed by atoms with van der Waals surface area (Å²) in [5.74, 6) is -0.117. The van der Waals surface area contributed by atoms with Crippen LogP contribution in [0.15, 0.2) is 24.3 Å². The van der Waals surface area contributed by atoms with Gasteiger partial charge in [0.15, 0.2) is 0 Å². The van der Waals surface area contributed by atoms with E-state index < -0.39 is 0 Å². The van der Waals surface area contributed by atoms with Crippen molar-refractivity contribution in [1.29, 1.82) is 0 Å². The van der Waals surface area contributed by atoms with E-state index in [1.165, 1.54) is 6.07 Å². The third-order valence-electron chi connectivity index (χ3n) is 2.99. The van der Waals surface area contributed by atoms with Crippen LogP contribution in [-0.2, 0) is 0 Å². The van der Waals surface area contributed by atoms with Gasteiger partial charge in [-0.25, -0.2) is 4.39 Å². The zero-order valence-electron chi connectivity index (χ0n) is 9.28. The first-order valence-corrected chi connectivity index (χ1v) is 5.38. The van der Waals surface area contributed by atoms with Gasteiger partial charge in [0.25, 0.3) is 0 Å². The smallest absolute Gasteiger partial charge is 0.146 e. The second kappa shape index (κ2) is 4.19. The van der Waals surface area contributed by atoms with E-state index in [0.717, 1.165) is 25.3 Å². The number of rotatable bonds is 1. The maximum absolute atomic E-state index is 13.6. The fourth-order valence-corrected chi connectivity index (χ4v) is 2.18. The molecule has 1 fully saturated rings. The fraction of sp³-hybridized carbons (Fsp3) is 0.500.